The maximum absolute atomic E-state index is 10.7. The molecule has 3 nitrogen and oxygen atoms in total. The first-order chi connectivity index (χ1) is 5.22. The number of carbonyl (C=O) groups excluding carboxylic acids is 1. The number of ether oxygens (including phenoxy) is 2. The van der Waals surface area contributed by atoms with E-state index in [1.54, 1.807) is 19.1 Å². The van der Waals surface area contributed by atoms with Gasteiger partial charge in [0, 0.05) is 5.57 Å². The molecule has 0 aromatic heterocycles. The fourth-order valence-electron chi connectivity index (χ4n) is 0.491. The van der Waals surface area contributed by atoms with Gasteiger partial charge in [-0.15, -0.1) is 0 Å². The number of carbonyl (C=O) groups is 1. The van der Waals surface area contributed by atoms with Crippen LogP contribution in [0, 0.1) is 0 Å². The van der Waals surface area contributed by atoms with Crippen molar-refractivity contribution in [1.82, 2.24) is 0 Å². The predicted octanol–water partition coefficient (Wildman–Crippen LogP) is 1.27. The van der Waals surface area contributed by atoms with Crippen LogP contribution in [-0.2, 0) is 14.3 Å². The summed E-state index contributed by atoms with van der Waals surface area (Å²) in [5, 5.41) is 0. The summed E-state index contributed by atoms with van der Waals surface area (Å²) in [5.41, 5.74) is 0.542. The smallest absolute Gasteiger partial charge is 0.333 e. The van der Waals surface area contributed by atoms with Crippen LogP contribution in [0.3, 0.4) is 0 Å². The monoisotopic (exact) mass is 156 g/mol. The highest BCUT2D eigenvalue weighted by atomic mass is 16.5. The molecule has 0 amide bonds. The van der Waals surface area contributed by atoms with Gasteiger partial charge in [-0.05, 0) is 19.1 Å². The van der Waals surface area contributed by atoms with E-state index < -0.39 is 0 Å². The first kappa shape index (κ1) is 9.75. The molecular formula is C8H12O3. The highest BCUT2D eigenvalue weighted by molar-refractivity contribution is 5.87. The molecule has 3 heteroatoms. The molecule has 0 heterocycles. The largest absolute Gasteiger partial charge is 0.504 e. The Kier molecular flexibility index (Phi) is 4.90. The molecule has 0 aromatic carbocycles. The van der Waals surface area contributed by atoms with E-state index in [4.69, 9.17) is 0 Å². The van der Waals surface area contributed by atoms with E-state index in [2.05, 4.69) is 9.47 Å². The van der Waals surface area contributed by atoms with Gasteiger partial charge in [0.2, 0.25) is 0 Å². The summed E-state index contributed by atoms with van der Waals surface area (Å²) in [4.78, 5) is 10.7. The van der Waals surface area contributed by atoms with Crippen LogP contribution in [0.25, 0.3) is 0 Å². The Morgan fingerprint density at radius 3 is 2.45 bits per heavy atom. The van der Waals surface area contributed by atoms with Crippen LogP contribution < -0.4 is 0 Å². The van der Waals surface area contributed by atoms with Gasteiger partial charge in [0.05, 0.1) is 20.5 Å². The third-order valence-corrected chi connectivity index (χ3v) is 1.07. The Morgan fingerprint density at radius 2 is 2.00 bits per heavy atom. The molecule has 0 aliphatic carbocycles. The molecule has 0 saturated heterocycles. The van der Waals surface area contributed by atoms with Crippen molar-refractivity contribution in [3.8, 4) is 0 Å². The van der Waals surface area contributed by atoms with Gasteiger partial charge in [-0.25, -0.2) is 4.79 Å². The van der Waals surface area contributed by atoms with Crippen LogP contribution in [0.5, 0.6) is 0 Å². The zero-order valence-electron chi connectivity index (χ0n) is 6.96. The molecule has 0 atom stereocenters. The number of hydrogen-bond acceptors (Lipinski definition) is 3. The maximum atomic E-state index is 10.7. The average Bonchev–Trinajstić information content (AvgIpc) is 2.03. The summed E-state index contributed by atoms with van der Waals surface area (Å²) in [6, 6.07) is 0. The van der Waals surface area contributed by atoms with Gasteiger partial charge in [-0.3, -0.25) is 0 Å². The molecule has 0 rings (SSSR count). The normalized spacial score (nSPS) is 11.7. The van der Waals surface area contributed by atoms with E-state index in [1.807, 2.05) is 0 Å². The van der Waals surface area contributed by atoms with E-state index in [1.165, 1.54) is 20.5 Å². The zero-order chi connectivity index (χ0) is 8.69. The van der Waals surface area contributed by atoms with Crippen LogP contribution in [0.1, 0.15) is 6.92 Å². The Labute approximate surface area is 66.3 Å². The van der Waals surface area contributed by atoms with E-state index in [0.29, 0.717) is 5.57 Å². The molecule has 0 spiro atoms. The Balaban J connectivity index is 4.00. The highest BCUT2D eigenvalue weighted by Crippen LogP contribution is 1.95. The van der Waals surface area contributed by atoms with Crippen LogP contribution in [-0.4, -0.2) is 20.2 Å². The molecule has 0 N–H and O–H groups in total. The number of allylic oxidation sites excluding steroid dienone is 2. The fraction of sp³-hybridized carbons (Fsp3) is 0.375. The van der Waals surface area contributed by atoms with Crippen molar-refractivity contribution in [2.24, 2.45) is 0 Å². The van der Waals surface area contributed by atoms with E-state index in [-0.39, 0.29) is 5.97 Å². The second-order valence-corrected chi connectivity index (χ2v) is 1.91. The summed E-state index contributed by atoms with van der Waals surface area (Å²) in [6.45, 7) is 1.67. The molecule has 0 bridgehead atoms. The number of rotatable bonds is 3. The molecule has 0 fully saturated rings. The second-order valence-electron chi connectivity index (χ2n) is 1.91. The molecular weight excluding hydrogens is 144 g/mol. The standard InChI is InChI=1S/C8H12O3/c1-7(8(9)11-3)5-4-6-10-2/h4-6H,1-3H3/b6-4+,7-5-. The summed E-state index contributed by atoms with van der Waals surface area (Å²) in [5.74, 6) is -0.328. The van der Waals surface area contributed by atoms with Crippen molar-refractivity contribution >= 4 is 5.97 Å². The predicted molar refractivity (Wildman–Crippen MR) is 41.9 cm³/mol. The molecule has 0 unspecified atom stereocenters. The van der Waals surface area contributed by atoms with Crippen molar-refractivity contribution in [3.63, 3.8) is 0 Å². The second kappa shape index (κ2) is 5.53. The van der Waals surface area contributed by atoms with Crippen molar-refractivity contribution < 1.29 is 14.3 Å². The van der Waals surface area contributed by atoms with Crippen LogP contribution in [0.4, 0.5) is 0 Å². The van der Waals surface area contributed by atoms with Gasteiger partial charge < -0.3 is 9.47 Å². The number of methoxy groups -OCH3 is 2. The van der Waals surface area contributed by atoms with Crippen molar-refractivity contribution in [2.45, 2.75) is 6.92 Å². The minimum absolute atomic E-state index is 0.328. The van der Waals surface area contributed by atoms with Gasteiger partial charge in [0.25, 0.3) is 0 Å². The Bertz CT molecular complexity index is 180. The van der Waals surface area contributed by atoms with Gasteiger partial charge in [-0.2, -0.15) is 0 Å². The maximum Gasteiger partial charge on any atom is 0.333 e. The van der Waals surface area contributed by atoms with Gasteiger partial charge in [0.15, 0.2) is 0 Å². The lowest BCUT2D eigenvalue weighted by Gasteiger charge is -1.94. The zero-order valence-corrected chi connectivity index (χ0v) is 6.96. The van der Waals surface area contributed by atoms with Crippen molar-refractivity contribution in [2.75, 3.05) is 14.2 Å². The molecule has 62 valence electrons. The Hall–Kier alpha value is -1.25. The molecule has 0 radical (unpaired) electrons. The van der Waals surface area contributed by atoms with Crippen molar-refractivity contribution in [3.05, 3.63) is 24.0 Å². The van der Waals surface area contributed by atoms with Crippen LogP contribution in [0.2, 0.25) is 0 Å². The lowest BCUT2D eigenvalue weighted by molar-refractivity contribution is -0.136. The van der Waals surface area contributed by atoms with E-state index >= 15 is 0 Å². The third-order valence-electron chi connectivity index (χ3n) is 1.07. The SMILES string of the molecule is CO/C=C/C=C(/C)C(=O)OC. The van der Waals surface area contributed by atoms with E-state index in [9.17, 15) is 4.79 Å². The Morgan fingerprint density at radius 1 is 1.36 bits per heavy atom. The van der Waals surface area contributed by atoms with Crippen molar-refractivity contribution in [1.29, 1.82) is 0 Å². The molecule has 0 aliphatic rings. The average molecular weight is 156 g/mol. The molecule has 0 aliphatic heterocycles. The third kappa shape index (κ3) is 4.19. The lowest BCUT2D eigenvalue weighted by Crippen LogP contribution is -2.00. The number of hydrogen-bond donors (Lipinski definition) is 0. The topological polar surface area (TPSA) is 35.5 Å². The van der Waals surface area contributed by atoms with Gasteiger partial charge in [0.1, 0.15) is 0 Å². The van der Waals surface area contributed by atoms with Crippen LogP contribution >= 0.6 is 0 Å². The summed E-state index contributed by atoms with van der Waals surface area (Å²) in [7, 11) is 2.89. The molecule has 11 heavy (non-hydrogen) atoms. The fourth-order valence-corrected chi connectivity index (χ4v) is 0.491. The quantitative estimate of drug-likeness (QED) is 0.267. The highest BCUT2D eigenvalue weighted by Gasteiger charge is 1.99. The lowest BCUT2D eigenvalue weighted by atomic mass is 10.3. The first-order valence-corrected chi connectivity index (χ1v) is 3.17. The van der Waals surface area contributed by atoms with Crippen LogP contribution in [0.15, 0.2) is 24.0 Å². The van der Waals surface area contributed by atoms with Gasteiger partial charge in [-0.1, -0.05) is 0 Å². The minimum atomic E-state index is -0.328. The molecule has 0 saturated carbocycles. The number of esters is 1. The molecule has 0 aromatic rings. The van der Waals surface area contributed by atoms with E-state index in [0.717, 1.165) is 0 Å². The summed E-state index contributed by atoms with van der Waals surface area (Å²) >= 11 is 0. The first-order valence-electron chi connectivity index (χ1n) is 3.17. The summed E-state index contributed by atoms with van der Waals surface area (Å²) < 4.78 is 9.09. The summed E-state index contributed by atoms with van der Waals surface area (Å²) in [6.07, 6.45) is 4.73. The van der Waals surface area contributed by atoms with Gasteiger partial charge >= 0.3 is 5.97 Å². The minimum Gasteiger partial charge on any atom is -0.504 e.